The van der Waals surface area contributed by atoms with Gasteiger partial charge in [-0.3, -0.25) is 0 Å². The van der Waals surface area contributed by atoms with E-state index < -0.39 is 11.5 Å². The van der Waals surface area contributed by atoms with Crippen LogP contribution in [0, 0.1) is 11.2 Å². The summed E-state index contributed by atoms with van der Waals surface area (Å²) in [7, 11) is 0. The Morgan fingerprint density at radius 3 is 2.50 bits per heavy atom. The second-order valence-electron chi connectivity index (χ2n) is 4.29. The van der Waals surface area contributed by atoms with Crippen molar-refractivity contribution >= 4 is 28.3 Å². The summed E-state index contributed by atoms with van der Waals surface area (Å²) in [5, 5.41) is 9.16. The van der Waals surface area contributed by atoms with Crippen LogP contribution in [0.3, 0.4) is 0 Å². The highest BCUT2D eigenvalue weighted by atomic mass is 79.9. The molecule has 0 aliphatic rings. The minimum atomic E-state index is -0.533. The summed E-state index contributed by atoms with van der Waals surface area (Å²) >= 11 is 3.18. The van der Waals surface area contributed by atoms with Gasteiger partial charge in [0.2, 0.25) is 0 Å². The van der Waals surface area contributed by atoms with Gasteiger partial charge >= 0.3 is 0 Å². The first kappa shape index (κ1) is 15.8. The lowest BCUT2D eigenvalue weighted by molar-refractivity contribution is 0.131. The van der Waals surface area contributed by atoms with Crippen molar-refractivity contribution in [1.82, 2.24) is 0 Å². The van der Waals surface area contributed by atoms with Crippen LogP contribution in [0.2, 0.25) is 0 Å². The molecule has 0 unspecified atom stereocenters. The summed E-state index contributed by atoms with van der Waals surface area (Å²) in [6, 6.07) is 4.24. The van der Waals surface area contributed by atoms with Crippen LogP contribution >= 0.6 is 28.3 Å². The highest BCUT2D eigenvalue weighted by Crippen LogP contribution is 2.32. The predicted molar refractivity (Wildman–Crippen MR) is 69.1 cm³/mol. The minimum absolute atomic E-state index is 0. The van der Waals surface area contributed by atoms with Gasteiger partial charge in [-0.05, 0) is 12.1 Å². The maximum absolute atomic E-state index is 13.6. The fraction of sp³-hybridized carbons (Fsp3) is 0.455. The van der Waals surface area contributed by atoms with Crippen LogP contribution in [-0.2, 0) is 0 Å². The number of nitrogens with two attached hydrogens (primary N) is 1. The summed E-state index contributed by atoms with van der Waals surface area (Å²) in [6.07, 6.45) is 0. The van der Waals surface area contributed by atoms with E-state index in [0.29, 0.717) is 10.0 Å². The Morgan fingerprint density at radius 2 is 2.06 bits per heavy atom. The monoisotopic (exact) mass is 311 g/mol. The molecule has 0 heterocycles. The van der Waals surface area contributed by atoms with Gasteiger partial charge in [-0.25, -0.2) is 4.39 Å². The normalized spacial score (nSPS) is 13.1. The van der Waals surface area contributed by atoms with Crippen LogP contribution in [-0.4, -0.2) is 11.7 Å². The molecular weight excluding hydrogens is 296 g/mol. The maximum Gasteiger partial charge on any atom is 0.129 e. The van der Waals surface area contributed by atoms with E-state index in [9.17, 15) is 4.39 Å². The topological polar surface area (TPSA) is 46.2 Å². The molecule has 0 amide bonds. The van der Waals surface area contributed by atoms with Crippen molar-refractivity contribution in [1.29, 1.82) is 0 Å². The third-order valence-electron chi connectivity index (χ3n) is 2.55. The SMILES string of the molecule is CC(C)(CO)[C@@H](N)c1ccc(Br)cc1F.Cl. The van der Waals surface area contributed by atoms with Crippen molar-refractivity contribution in [3.8, 4) is 0 Å². The number of rotatable bonds is 3. The van der Waals surface area contributed by atoms with E-state index in [-0.39, 0.29) is 24.8 Å². The number of benzene rings is 1. The Hall–Kier alpha value is -0.160. The van der Waals surface area contributed by atoms with E-state index in [4.69, 9.17) is 10.8 Å². The molecule has 0 aliphatic heterocycles. The largest absolute Gasteiger partial charge is 0.396 e. The molecule has 1 aromatic carbocycles. The Kier molecular flexibility index (Phi) is 5.90. The van der Waals surface area contributed by atoms with Gasteiger partial charge in [0.1, 0.15) is 5.82 Å². The van der Waals surface area contributed by atoms with Gasteiger partial charge in [0, 0.05) is 28.1 Å². The van der Waals surface area contributed by atoms with Crippen LogP contribution in [0.15, 0.2) is 22.7 Å². The second-order valence-corrected chi connectivity index (χ2v) is 5.21. The molecule has 0 spiro atoms. The van der Waals surface area contributed by atoms with Crippen molar-refractivity contribution < 1.29 is 9.50 Å². The van der Waals surface area contributed by atoms with Crippen LogP contribution in [0.4, 0.5) is 4.39 Å². The third kappa shape index (κ3) is 3.42. The molecule has 2 nitrogen and oxygen atoms in total. The molecule has 0 aliphatic carbocycles. The lowest BCUT2D eigenvalue weighted by Crippen LogP contribution is -2.33. The van der Waals surface area contributed by atoms with Crippen LogP contribution in [0.5, 0.6) is 0 Å². The number of hydrogen-bond donors (Lipinski definition) is 2. The lowest BCUT2D eigenvalue weighted by atomic mass is 9.82. The van der Waals surface area contributed by atoms with Crippen LogP contribution < -0.4 is 5.73 Å². The summed E-state index contributed by atoms with van der Waals surface area (Å²) in [5.41, 5.74) is 5.81. The fourth-order valence-corrected chi connectivity index (χ4v) is 1.61. The van der Waals surface area contributed by atoms with Crippen LogP contribution in [0.1, 0.15) is 25.5 Å². The molecular formula is C11H16BrClFNO. The van der Waals surface area contributed by atoms with E-state index in [1.54, 1.807) is 26.0 Å². The molecule has 5 heteroatoms. The van der Waals surface area contributed by atoms with E-state index in [1.807, 2.05) is 0 Å². The van der Waals surface area contributed by atoms with E-state index in [2.05, 4.69) is 15.9 Å². The van der Waals surface area contributed by atoms with Crippen molar-refractivity contribution in [2.24, 2.45) is 11.1 Å². The molecule has 1 atom stereocenters. The van der Waals surface area contributed by atoms with Gasteiger partial charge in [-0.15, -0.1) is 12.4 Å². The average molecular weight is 313 g/mol. The van der Waals surface area contributed by atoms with Gasteiger partial charge < -0.3 is 10.8 Å². The molecule has 0 aromatic heterocycles. The number of aliphatic hydroxyl groups is 1. The van der Waals surface area contributed by atoms with Crippen molar-refractivity contribution in [2.45, 2.75) is 19.9 Å². The Labute approximate surface area is 110 Å². The summed E-state index contributed by atoms with van der Waals surface area (Å²) in [6.45, 7) is 3.53. The predicted octanol–water partition coefficient (Wildman–Crippen LogP) is 3.03. The Balaban J connectivity index is 0.00000225. The first-order valence-electron chi connectivity index (χ1n) is 4.70. The zero-order valence-electron chi connectivity index (χ0n) is 9.21. The summed E-state index contributed by atoms with van der Waals surface area (Å²) < 4.78 is 14.3. The average Bonchev–Trinajstić information content (AvgIpc) is 2.17. The number of hydrogen-bond acceptors (Lipinski definition) is 2. The van der Waals surface area contributed by atoms with E-state index >= 15 is 0 Å². The van der Waals surface area contributed by atoms with E-state index in [0.717, 1.165) is 0 Å². The summed E-state index contributed by atoms with van der Waals surface area (Å²) in [4.78, 5) is 0. The van der Waals surface area contributed by atoms with Gasteiger partial charge in [0.25, 0.3) is 0 Å². The van der Waals surface area contributed by atoms with Gasteiger partial charge in [0.15, 0.2) is 0 Å². The van der Waals surface area contributed by atoms with Crippen molar-refractivity contribution in [3.05, 3.63) is 34.1 Å². The molecule has 1 rings (SSSR count). The molecule has 1 aromatic rings. The second kappa shape index (κ2) is 5.96. The first-order valence-corrected chi connectivity index (χ1v) is 5.49. The van der Waals surface area contributed by atoms with E-state index in [1.165, 1.54) is 6.07 Å². The molecule has 0 bridgehead atoms. The quantitative estimate of drug-likeness (QED) is 0.901. The van der Waals surface area contributed by atoms with Gasteiger partial charge in [-0.1, -0.05) is 35.8 Å². The maximum atomic E-state index is 13.6. The molecule has 0 saturated carbocycles. The first-order chi connectivity index (χ1) is 6.88. The van der Waals surface area contributed by atoms with Gasteiger partial charge in [0.05, 0.1) is 0 Å². The molecule has 0 radical (unpaired) electrons. The standard InChI is InChI=1S/C11H15BrFNO.ClH/c1-11(2,6-15)10(14)8-4-3-7(12)5-9(8)13;/h3-5,10,15H,6,14H2,1-2H3;1H/t10-;/m0./s1. The highest BCUT2D eigenvalue weighted by Gasteiger charge is 2.28. The van der Waals surface area contributed by atoms with Gasteiger partial charge in [-0.2, -0.15) is 0 Å². The fourth-order valence-electron chi connectivity index (χ4n) is 1.27. The number of aliphatic hydroxyl groups excluding tert-OH is 1. The smallest absolute Gasteiger partial charge is 0.129 e. The molecule has 92 valence electrons. The zero-order valence-corrected chi connectivity index (χ0v) is 11.6. The zero-order chi connectivity index (χ0) is 11.6. The molecule has 16 heavy (non-hydrogen) atoms. The molecule has 0 fully saturated rings. The van der Waals surface area contributed by atoms with Crippen molar-refractivity contribution in [2.75, 3.05) is 6.61 Å². The number of halogens is 3. The Morgan fingerprint density at radius 1 is 1.50 bits per heavy atom. The van der Waals surface area contributed by atoms with Crippen molar-refractivity contribution in [3.63, 3.8) is 0 Å². The molecule has 3 N–H and O–H groups in total. The minimum Gasteiger partial charge on any atom is -0.396 e. The third-order valence-corrected chi connectivity index (χ3v) is 3.04. The summed E-state index contributed by atoms with van der Waals surface area (Å²) in [5.74, 6) is -0.349. The highest BCUT2D eigenvalue weighted by molar-refractivity contribution is 9.10. The Bertz CT molecular complexity index is 360. The van der Waals surface area contributed by atoms with Crippen LogP contribution in [0.25, 0.3) is 0 Å². The molecule has 0 saturated heterocycles. The lowest BCUT2D eigenvalue weighted by Gasteiger charge is -2.30.